The van der Waals surface area contributed by atoms with Gasteiger partial charge < -0.3 is 4.98 Å². The van der Waals surface area contributed by atoms with Crippen molar-refractivity contribution in [1.82, 2.24) is 9.88 Å². The summed E-state index contributed by atoms with van der Waals surface area (Å²) in [6, 6.07) is 1.97. The van der Waals surface area contributed by atoms with Gasteiger partial charge in [0.05, 0.1) is 6.54 Å². The van der Waals surface area contributed by atoms with Gasteiger partial charge in [-0.05, 0) is 45.2 Å². The number of piperidine rings is 1. The van der Waals surface area contributed by atoms with Gasteiger partial charge in [-0.1, -0.05) is 13.3 Å². The van der Waals surface area contributed by atoms with Gasteiger partial charge in [0, 0.05) is 23.5 Å². The van der Waals surface area contributed by atoms with Crippen molar-refractivity contribution < 1.29 is 4.79 Å². The van der Waals surface area contributed by atoms with E-state index in [-0.39, 0.29) is 5.78 Å². The van der Waals surface area contributed by atoms with Crippen LogP contribution in [0.15, 0.2) is 6.07 Å². The summed E-state index contributed by atoms with van der Waals surface area (Å²) in [5.74, 6) is 1.04. The van der Waals surface area contributed by atoms with Crippen LogP contribution in [0.5, 0.6) is 0 Å². The molecule has 1 atom stereocenters. The number of Topliss-reactive ketones (excluding diaryl/α,β-unsaturated/α-hetero) is 1. The Hall–Kier alpha value is -1.09. The van der Waals surface area contributed by atoms with E-state index in [1.807, 2.05) is 19.9 Å². The molecular formula is C15H24N2O. The first-order valence-electron chi connectivity index (χ1n) is 7.02. The third kappa shape index (κ3) is 3.02. The first-order chi connectivity index (χ1) is 8.60. The fourth-order valence-electron chi connectivity index (χ4n) is 2.93. The van der Waals surface area contributed by atoms with Crippen LogP contribution in [0.1, 0.15) is 47.9 Å². The van der Waals surface area contributed by atoms with Crippen molar-refractivity contribution in [3.05, 3.63) is 23.0 Å². The standard InChI is InChI=1S/C15H24N2O/c1-4-13-6-5-7-17(9-13)10-15(18)14-8-11(2)16-12(14)3/h8,13,16H,4-7,9-10H2,1-3H3. The van der Waals surface area contributed by atoms with E-state index >= 15 is 0 Å². The third-order valence-electron chi connectivity index (χ3n) is 4.00. The fraction of sp³-hybridized carbons (Fsp3) is 0.667. The first-order valence-corrected chi connectivity index (χ1v) is 7.02. The number of carbonyl (C=O) groups excluding carboxylic acids is 1. The highest BCUT2D eigenvalue weighted by molar-refractivity contribution is 5.98. The molecule has 0 bridgehead atoms. The Morgan fingerprint density at radius 3 is 2.89 bits per heavy atom. The van der Waals surface area contributed by atoms with E-state index in [4.69, 9.17) is 0 Å². The van der Waals surface area contributed by atoms with E-state index in [1.54, 1.807) is 0 Å². The molecule has 1 aliphatic heterocycles. The summed E-state index contributed by atoms with van der Waals surface area (Å²) in [5, 5.41) is 0. The Bertz CT molecular complexity index is 422. The van der Waals surface area contributed by atoms with Gasteiger partial charge >= 0.3 is 0 Å². The number of ketones is 1. The Labute approximate surface area is 110 Å². The smallest absolute Gasteiger partial charge is 0.178 e. The summed E-state index contributed by atoms with van der Waals surface area (Å²) in [4.78, 5) is 17.8. The van der Waals surface area contributed by atoms with Gasteiger partial charge in [-0.15, -0.1) is 0 Å². The molecule has 1 aromatic heterocycles. The van der Waals surface area contributed by atoms with Gasteiger partial charge in [0.1, 0.15) is 0 Å². The molecule has 3 heteroatoms. The SMILES string of the molecule is CCC1CCCN(CC(=O)c2cc(C)[nH]c2C)C1. The maximum atomic E-state index is 12.3. The zero-order valence-electron chi connectivity index (χ0n) is 11.8. The quantitative estimate of drug-likeness (QED) is 0.832. The van der Waals surface area contributed by atoms with Crippen molar-refractivity contribution in [3.8, 4) is 0 Å². The van der Waals surface area contributed by atoms with Crippen LogP contribution in [0.3, 0.4) is 0 Å². The van der Waals surface area contributed by atoms with Gasteiger partial charge in [0.25, 0.3) is 0 Å². The van der Waals surface area contributed by atoms with Crippen molar-refractivity contribution in [1.29, 1.82) is 0 Å². The molecule has 1 aromatic rings. The molecule has 0 radical (unpaired) electrons. The average Bonchev–Trinajstić information content (AvgIpc) is 2.69. The lowest BCUT2D eigenvalue weighted by molar-refractivity contribution is 0.0884. The maximum absolute atomic E-state index is 12.3. The maximum Gasteiger partial charge on any atom is 0.178 e. The highest BCUT2D eigenvalue weighted by Gasteiger charge is 2.21. The number of aryl methyl sites for hydroxylation is 2. The molecule has 1 unspecified atom stereocenters. The second-order valence-electron chi connectivity index (χ2n) is 5.57. The Kier molecular flexibility index (Phi) is 4.23. The first kappa shape index (κ1) is 13.3. The van der Waals surface area contributed by atoms with Crippen LogP contribution < -0.4 is 0 Å². The summed E-state index contributed by atoms with van der Waals surface area (Å²) in [5.41, 5.74) is 2.94. The summed E-state index contributed by atoms with van der Waals surface area (Å²) < 4.78 is 0. The molecule has 1 saturated heterocycles. The van der Waals surface area contributed by atoms with Gasteiger partial charge in [0.2, 0.25) is 0 Å². The number of likely N-dealkylation sites (tertiary alicyclic amines) is 1. The second-order valence-corrected chi connectivity index (χ2v) is 5.57. The number of aromatic amines is 1. The van der Waals surface area contributed by atoms with Crippen molar-refractivity contribution in [2.75, 3.05) is 19.6 Å². The lowest BCUT2D eigenvalue weighted by atomic mass is 9.95. The van der Waals surface area contributed by atoms with Gasteiger partial charge in [-0.3, -0.25) is 9.69 Å². The van der Waals surface area contributed by atoms with Crippen LogP contribution in [-0.4, -0.2) is 35.3 Å². The van der Waals surface area contributed by atoms with E-state index in [1.165, 1.54) is 19.3 Å². The van der Waals surface area contributed by atoms with Gasteiger partial charge in [-0.25, -0.2) is 0 Å². The van der Waals surface area contributed by atoms with Crippen LogP contribution in [0.25, 0.3) is 0 Å². The van der Waals surface area contributed by atoms with E-state index < -0.39 is 0 Å². The topological polar surface area (TPSA) is 36.1 Å². The Morgan fingerprint density at radius 1 is 1.50 bits per heavy atom. The predicted molar refractivity (Wildman–Crippen MR) is 74.1 cm³/mol. The minimum absolute atomic E-state index is 0.258. The molecule has 18 heavy (non-hydrogen) atoms. The molecule has 1 aliphatic rings. The molecule has 3 nitrogen and oxygen atoms in total. The summed E-state index contributed by atoms with van der Waals surface area (Å²) >= 11 is 0. The number of nitrogens with zero attached hydrogens (tertiary/aromatic N) is 1. The van der Waals surface area contributed by atoms with Crippen LogP contribution in [0.2, 0.25) is 0 Å². The molecule has 0 aliphatic carbocycles. The van der Waals surface area contributed by atoms with E-state index in [2.05, 4.69) is 16.8 Å². The number of H-pyrrole nitrogens is 1. The molecule has 1 N–H and O–H groups in total. The molecule has 0 aromatic carbocycles. The van der Waals surface area contributed by atoms with Crippen LogP contribution in [0.4, 0.5) is 0 Å². The highest BCUT2D eigenvalue weighted by atomic mass is 16.1. The van der Waals surface area contributed by atoms with Crippen molar-refractivity contribution >= 4 is 5.78 Å². The number of hydrogen-bond acceptors (Lipinski definition) is 2. The van der Waals surface area contributed by atoms with Crippen LogP contribution in [0, 0.1) is 19.8 Å². The van der Waals surface area contributed by atoms with Crippen molar-refractivity contribution in [2.45, 2.75) is 40.0 Å². The zero-order valence-corrected chi connectivity index (χ0v) is 11.8. The van der Waals surface area contributed by atoms with Crippen molar-refractivity contribution in [2.24, 2.45) is 5.92 Å². The molecule has 100 valence electrons. The highest BCUT2D eigenvalue weighted by Crippen LogP contribution is 2.20. The van der Waals surface area contributed by atoms with E-state index in [0.717, 1.165) is 36.0 Å². The minimum Gasteiger partial charge on any atom is -0.362 e. The van der Waals surface area contributed by atoms with E-state index in [0.29, 0.717) is 6.54 Å². The molecular weight excluding hydrogens is 224 g/mol. The molecule has 1 fully saturated rings. The van der Waals surface area contributed by atoms with Gasteiger partial charge in [0.15, 0.2) is 5.78 Å². The number of rotatable bonds is 4. The number of hydrogen-bond donors (Lipinski definition) is 1. The largest absolute Gasteiger partial charge is 0.362 e. The summed E-state index contributed by atoms with van der Waals surface area (Å²) in [6.45, 7) is 8.96. The van der Waals surface area contributed by atoms with Crippen LogP contribution in [-0.2, 0) is 0 Å². The minimum atomic E-state index is 0.258. The van der Waals surface area contributed by atoms with Gasteiger partial charge in [-0.2, -0.15) is 0 Å². The number of aromatic nitrogens is 1. The number of carbonyl (C=O) groups is 1. The lowest BCUT2D eigenvalue weighted by Crippen LogP contribution is -2.38. The third-order valence-corrected chi connectivity index (χ3v) is 4.00. The summed E-state index contributed by atoms with van der Waals surface area (Å²) in [7, 11) is 0. The van der Waals surface area contributed by atoms with Crippen molar-refractivity contribution in [3.63, 3.8) is 0 Å². The second kappa shape index (κ2) is 5.70. The molecule has 2 heterocycles. The Balaban J connectivity index is 1.97. The molecule has 0 saturated carbocycles. The monoisotopic (exact) mass is 248 g/mol. The Morgan fingerprint density at radius 2 is 2.28 bits per heavy atom. The average molecular weight is 248 g/mol. The van der Waals surface area contributed by atoms with E-state index in [9.17, 15) is 4.79 Å². The predicted octanol–water partition coefficient (Wildman–Crippen LogP) is 2.94. The lowest BCUT2D eigenvalue weighted by Gasteiger charge is -2.31. The van der Waals surface area contributed by atoms with Crippen LogP contribution >= 0.6 is 0 Å². The molecule has 0 spiro atoms. The normalized spacial score (nSPS) is 21.2. The fourth-order valence-corrected chi connectivity index (χ4v) is 2.93. The zero-order chi connectivity index (χ0) is 13.1. The molecule has 2 rings (SSSR count). The molecule has 0 amide bonds. The summed E-state index contributed by atoms with van der Waals surface area (Å²) in [6.07, 6.45) is 3.79. The number of nitrogens with one attached hydrogen (secondary N) is 1.